The van der Waals surface area contributed by atoms with Gasteiger partial charge in [-0.15, -0.1) is 0 Å². The van der Waals surface area contributed by atoms with Crippen LogP contribution in [0.25, 0.3) is 0 Å². The molecule has 2 N–H and O–H groups in total. The summed E-state index contributed by atoms with van der Waals surface area (Å²) in [5.74, 6) is 0.313. The second kappa shape index (κ2) is 6.40. The van der Waals surface area contributed by atoms with Gasteiger partial charge < -0.3 is 10.2 Å². The van der Waals surface area contributed by atoms with Crippen molar-refractivity contribution >= 4 is 5.78 Å². The summed E-state index contributed by atoms with van der Waals surface area (Å²) in [6, 6.07) is 9.03. The van der Waals surface area contributed by atoms with E-state index in [0.717, 1.165) is 35.1 Å². The highest BCUT2D eigenvalue weighted by Crippen LogP contribution is 2.42. The van der Waals surface area contributed by atoms with Crippen LogP contribution in [-0.2, 0) is 17.3 Å². The monoisotopic (exact) mass is 366 g/mol. The standard InChI is InChI=1S/C24H30O3/c1-23(2,3)19-11-15(12-20(22(19)27)24(4,5)6)21(26)17-10-8-14-7-9-16(25)13-18(14)17/h7,9,11-13,17,25,27H,8,10H2,1-6H3. The smallest absolute Gasteiger partial charge is 0.170 e. The van der Waals surface area contributed by atoms with Crippen molar-refractivity contribution in [2.24, 2.45) is 0 Å². The minimum Gasteiger partial charge on any atom is -0.508 e. The number of phenols is 2. The molecule has 2 aromatic carbocycles. The highest BCUT2D eigenvalue weighted by atomic mass is 16.3. The Hall–Kier alpha value is -2.29. The summed E-state index contributed by atoms with van der Waals surface area (Å²) >= 11 is 0. The molecule has 0 aromatic heterocycles. The average Bonchev–Trinajstić information content (AvgIpc) is 2.95. The number of carbonyl (C=O) groups excluding carboxylic acids is 1. The van der Waals surface area contributed by atoms with Crippen molar-refractivity contribution < 1.29 is 15.0 Å². The second-order valence-corrected chi connectivity index (χ2v) is 9.76. The number of carbonyl (C=O) groups is 1. The van der Waals surface area contributed by atoms with E-state index in [2.05, 4.69) is 0 Å². The van der Waals surface area contributed by atoms with Crippen LogP contribution in [0.2, 0.25) is 0 Å². The quantitative estimate of drug-likeness (QED) is 0.680. The van der Waals surface area contributed by atoms with E-state index in [4.69, 9.17) is 0 Å². The van der Waals surface area contributed by atoms with Gasteiger partial charge in [0, 0.05) is 22.6 Å². The average molecular weight is 367 g/mol. The maximum atomic E-state index is 13.4. The van der Waals surface area contributed by atoms with Crippen LogP contribution in [-0.4, -0.2) is 16.0 Å². The molecule has 1 atom stereocenters. The molecule has 3 rings (SSSR count). The van der Waals surface area contributed by atoms with Crippen molar-refractivity contribution in [2.45, 2.75) is 71.1 Å². The number of Topliss-reactive ketones (excluding diaryl/α,β-unsaturated/α-hetero) is 1. The lowest BCUT2D eigenvalue weighted by molar-refractivity contribution is 0.0959. The van der Waals surface area contributed by atoms with Crippen molar-refractivity contribution in [3.05, 3.63) is 58.1 Å². The van der Waals surface area contributed by atoms with Crippen molar-refractivity contribution in [3.8, 4) is 11.5 Å². The Bertz CT molecular complexity index is 860. The van der Waals surface area contributed by atoms with Gasteiger partial charge in [-0.2, -0.15) is 0 Å². The fraction of sp³-hybridized carbons (Fsp3) is 0.458. The van der Waals surface area contributed by atoms with Crippen molar-refractivity contribution in [2.75, 3.05) is 0 Å². The van der Waals surface area contributed by atoms with E-state index in [1.165, 1.54) is 0 Å². The fourth-order valence-electron chi connectivity index (χ4n) is 3.98. The van der Waals surface area contributed by atoms with Gasteiger partial charge in [-0.1, -0.05) is 47.6 Å². The van der Waals surface area contributed by atoms with Gasteiger partial charge in [0.25, 0.3) is 0 Å². The van der Waals surface area contributed by atoms with Gasteiger partial charge in [0.2, 0.25) is 0 Å². The molecule has 0 radical (unpaired) electrons. The van der Waals surface area contributed by atoms with E-state index in [0.29, 0.717) is 5.56 Å². The Kier molecular flexibility index (Phi) is 4.62. The largest absolute Gasteiger partial charge is 0.508 e. The fourth-order valence-corrected chi connectivity index (χ4v) is 3.98. The van der Waals surface area contributed by atoms with Crippen LogP contribution in [0, 0.1) is 0 Å². The number of aryl methyl sites for hydroxylation is 1. The summed E-state index contributed by atoms with van der Waals surface area (Å²) in [7, 11) is 0. The third-order valence-corrected chi connectivity index (χ3v) is 5.53. The van der Waals surface area contributed by atoms with E-state index < -0.39 is 0 Å². The summed E-state index contributed by atoms with van der Waals surface area (Å²) in [4.78, 5) is 13.4. The van der Waals surface area contributed by atoms with Gasteiger partial charge >= 0.3 is 0 Å². The Balaban J connectivity index is 2.13. The first-order chi connectivity index (χ1) is 12.4. The maximum Gasteiger partial charge on any atom is 0.170 e. The molecule has 1 unspecified atom stereocenters. The molecule has 2 aromatic rings. The molecular formula is C24H30O3. The molecular weight excluding hydrogens is 336 g/mol. The third-order valence-electron chi connectivity index (χ3n) is 5.53. The van der Waals surface area contributed by atoms with Gasteiger partial charge in [0.05, 0.1) is 0 Å². The van der Waals surface area contributed by atoms with Gasteiger partial charge in [-0.25, -0.2) is 0 Å². The Morgan fingerprint density at radius 2 is 1.48 bits per heavy atom. The zero-order valence-electron chi connectivity index (χ0n) is 17.2. The van der Waals surface area contributed by atoms with E-state index in [1.807, 2.05) is 59.7 Å². The first-order valence-electron chi connectivity index (χ1n) is 9.63. The number of aromatic hydroxyl groups is 2. The topological polar surface area (TPSA) is 57.5 Å². The summed E-state index contributed by atoms with van der Waals surface area (Å²) in [5, 5.41) is 20.7. The second-order valence-electron chi connectivity index (χ2n) is 9.76. The van der Waals surface area contributed by atoms with Gasteiger partial charge in [-0.3, -0.25) is 4.79 Å². The highest BCUT2D eigenvalue weighted by Gasteiger charge is 2.33. The van der Waals surface area contributed by atoms with Crippen LogP contribution < -0.4 is 0 Å². The molecule has 27 heavy (non-hydrogen) atoms. The van der Waals surface area contributed by atoms with Crippen molar-refractivity contribution in [1.82, 2.24) is 0 Å². The molecule has 0 aliphatic heterocycles. The third kappa shape index (κ3) is 3.60. The number of ketones is 1. The van der Waals surface area contributed by atoms with E-state index in [9.17, 15) is 15.0 Å². The zero-order valence-corrected chi connectivity index (χ0v) is 17.2. The molecule has 144 valence electrons. The zero-order chi connectivity index (χ0) is 20.1. The molecule has 3 heteroatoms. The summed E-state index contributed by atoms with van der Waals surface area (Å²) in [5.41, 5.74) is 3.77. The number of fused-ring (bicyclic) bond motifs is 1. The predicted molar refractivity (Wildman–Crippen MR) is 109 cm³/mol. The lowest BCUT2D eigenvalue weighted by atomic mass is 9.77. The van der Waals surface area contributed by atoms with Crippen LogP contribution in [0.5, 0.6) is 11.5 Å². The molecule has 1 aliphatic rings. The Morgan fingerprint density at radius 1 is 0.926 bits per heavy atom. The molecule has 1 aliphatic carbocycles. The molecule has 0 heterocycles. The Morgan fingerprint density at radius 3 is 2.00 bits per heavy atom. The number of hydrogen-bond acceptors (Lipinski definition) is 3. The van der Waals surface area contributed by atoms with Crippen LogP contribution in [0.3, 0.4) is 0 Å². The van der Waals surface area contributed by atoms with Crippen molar-refractivity contribution in [1.29, 1.82) is 0 Å². The van der Waals surface area contributed by atoms with Crippen LogP contribution >= 0.6 is 0 Å². The lowest BCUT2D eigenvalue weighted by Gasteiger charge is -2.28. The van der Waals surface area contributed by atoms with E-state index in [-0.39, 0.29) is 34.0 Å². The Labute approximate surface area is 162 Å². The SMILES string of the molecule is CC(C)(C)c1cc(C(=O)C2CCc3ccc(O)cc32)cc(C(C)(C)C)c1O. The molecule has 0 spiro atoms. The van der Waals surface area contributed by atoms with Crippen molar-refractivity contribution in [3.63, 3.8) is 0 Å². The summed E-state index contributed by atoms with van der Waals surface area (Å²) in [6.07, 6.45) is 1.61. The predicted octanol–water partition coefficient (Wildman–Crippen LogP) is 5.61. The number of phenolic OH excluding ortho intramolecular Hbond substituents is 2. The van der Waals surface area contributed by atoms with Crippen LogP contribution in [0.15, 0.2) is 30.3 Å². The normalized spacial score (nSPS) is 17.0. The lowest BCUT2D eigenvalue weighted by Crippen LogP contribution is -2.20. The van der Waals surface area contributed by atoms with Crippen LogP contribution in [0.4, 0.5) is 0 Å². The first-order valence-corrected chi connectivity index (χ1v) is 9.63. The summed E-state index contributed by atoms with van der Waals surface area (Å²) in [6.45, 7) is 12.3. The molecule has 0 fully saturated rings. The van der Waals surface area contributed by atoms with E-state index in [1.54, 1.807) is 12.1 Å². The van der Waals surface area contributed by atoms with Gasteiger partial charge in [0.15, 0.2) is 5.78 Å². The molecule has 3 nitrogen and oxygen atoms in total. The summed E-state index contributed by atoms with van der Waals surface area (Å²) < 4.78 is 0. The number of hydrogen-bond donors (Lipinski definition) is 2. The number of benzene rings is 2. The molecule has 0 saturated heterocycles. The van der Waals surface area contributed by atoms with Crippen LogP contribution in [0.1, 0.15) is 86.5 Å². The molecule has 0 bridgehead atoms. The molecule has 0 saturated carbocycles. The first kappa shape index (κ1) is 19.5. The minimum absolute atomic E-state index is 0.0651. The van der Waals surface area contributed by atoms with Gasteiger partial charge in [-0.05, 0) is 59.1 Å². The minimum atomic E-state index is -0.272. The van der Waals surface area contributed by atoms with Gasteiger partial charge in [0.1, 0.15) is 11.5 Å². The maximum absolute atomic E-state index is 13.4. The highest BCUT2D eigenvalue weighted by molar-refractivity contribution is 6.02. The number of rotatable bonds is 2. The molecule has 0 amide bonds. The van der Waals surface area contributed by atoms with E-state index >= 15 is 0 Å².